The maximum atomic E-state index is 11.4. The summed E-state index contributed by atoms with van der Waals surface area (Å²) in [4.78, 5) is 13.1. The molecule has 0 bridgehead atoms. The van der Waals surface area contributed by atoms with Crippen LogP contribution < -0.4 is 0 Å². The molecule has 0 spiro atoms. The van der Waals surface area contributed by atoms with E-state index in [-0.39, 0.29) is 18.6 Å². The lowest BCUT2D eigenvalue weighted by Crippen LogP contribution is -2.12. The summed E-state index contributed by atoms with van der Waals surface area (Å²) in [5, 5.41) is 8.74. The molecule has 0 aliphatic rings. The molecule has 0 fully saturated rings. The summed E-state index contributed by atoms with van der Waals surface area (Å²) in [5.74, 6) is -1.33. The molecule has 0 saturated carbocycles. The third-order valence-electron chi connectivity index (χ3n) is 1.77. The van der Waals surface area contributed by atoms with Gasteiger partial charge in [0.15, 0.2) is 0 Å². The van der Waals surface area contributed by atoms with E-state index in [0.717, 1.165) is 0 Å². The Morgan fingerprint density at radius 2 is 2.11 bits per heavy atom. The molecule has 7 nitrogen and oxygen atoms in total. The Bertz CT molecular complexity index is 500. The standard InChI is InChI=1S/C11H16N2O5S/c1-13(2)6-3-5-10(9-12)11(14)18-7-4-8-19(15,16)17/h3,5-6H,4,7-8H2,1-2H3,(H,15,16,17)/b6-3+,10-5+. The smallest absolute Gasteiger partial charge is 0.348 e. The maximum absolute atomic E-state index is 11.4. The van der Waals surface area contributed by atoms with E-state index >= 15 is 0 Å². The molecule has 0 heterocycles. The van der Waals surface area contributed by atoms with Crippen molar-refractivity contribution in [1.29, 1.82) is 5.26 Å². The van der Waals surface area contributed by atoms with E-state index in [4.69, 9.17) is 14.6 Å². The van der Waals surface area contributed by atoms with Gasteiger partial charge in [-0.05, 0) is 24.8 Å². The summed E-state index contributed by atoms with van der Waals surface area (Å²) in [7, 11) is -0.496. The summed E-state index contributed by atoms with van der Waals surface area (Å²) < 4.78 is 34.0. The lowest BCUT2D eigenvalue weighted by molar-refractivity contribution is -0.138. The second kappa shape index (κ2) is 8.29. The van der Waals surface area contributed by atoms with E-state index in [1.165, 1.54) is 12.2 Å². The fourth-order valence-electron chi connectivity index (χ4n) is 0.946. The van der Waals surface area contributed by atoms with Gasteiger partial charge in [0.2, 0.25) is 0 Å². The molecular weight excluding hydrogens is 272 g/mol. The largest absolute Gasteiger partial charge is 0.462 e. The van der Waals surface area contributed by atoms with Gasteiger partial charge < -0.3 is 9.64 Å². The van der Waals surface area contributed by atoms with Crippen LogP contribution in [0.25, 0.3) is 0 Å². The Labute approximate surface area is 112 Å². The van der Waals surface area contributed by atoms with Crippen molar-refractivity contribution >= 4 is 16.1 Å². The average molecular weight is 288 g/mol. The van der Waals surface area contributed by atoms with Crippen LogP contribution in [0.2, 0.25) is 0 Å². The van der Waals surface area contributed by atoms with Gasteiger partial charge in [0, 0.05) is 14.1 Å². The first-order valence-electron chi connectivity index (χ1n) is 5.33. The molecule has 0 aliphatic carbocycles. The van der Waals surface area contributed by atoms with Crippen molar-refractivity contribution in [3.63, 3.8) is 0 Å². The van der Waals surface area contributed by atoms with Crippen LogP contribution in [-0.2, 0) is 19.6 Å². The molecule has 0 aromatic heterocycles. The van der Waals surface area contributed by atoms with Gasteiger partial charge in [0.25, 0.3) is 10.1 Å². The number of carbonyl (C=O) groups is 1. The second-order valence-electron chi connectivity index (χ2n) is 3.77. The van der Waals surface area contributed by atoms with Gasteiger partial charge in [-0.2, -0.15) is 13.7 Å². The molecule has 0 aromatic rings. The summed E-state index contributed by atoms with van der Waals surface area (Å²) in [5.41, 5.74) is -0.190. The number of carbonyl (C=O) groups excluding carboxylic acids is 1. The molecule has 1 N–H and O–H groups in total. The SMILES string of the molecule is CN(C)/C=C/C=C(\C#N)C(=O)OCCCS(=O)(=O)O. The Balaban J connectivity index is 4.28. The van der Waals surface area contributed by atoms with E-state index in [1.807, 2.05) is 0 Å². The summed E-state index contributed by atoms with van der Waals surface area (Å²) in [6.45, 7) is -0.185. The van der Waals surface area contributed by atoms with Gasteiger partial charge in [-0.3, -0.25) is 4.55 Å². The van der Waals surface area contributed by atoms with Gasteiger partial charge in [0.1, 0.15) is 11.6 Å². The van der Waals surface area contributed by atoms with Crippen LogP contribution in [0.5, 0.6) is 0 Å². The van der Waals surface area contributed by atoms with Gasteiger partial charge in [-0.1, -0.05) is 0 Å². The van der Waals surface area contributed by atoms with Crippen molar-refractivity contribution in [3.05, 3.63) is 23.9 Å². The zero-order chi connectivity index (χ0) is 14.9. The molecule has 8 heteroatoms. The molecule has 0 unspecified atom stereocenters. The van der Waals surface area contributed by atoms with E-state index in [9.17, 15) is 13.2 Å². The maximum Gasteiger partial charge on any atom is 0.348 e. The van der Waals surface area contributed by atoms with Gasteiger partial charge >= 0.3 is 5.97 Å². The molecule has 0 saturated heterocycles. The number of rotatable bonds is 7. The molecule has 106 valence electrons. The first kappa shape index (κ1) is 17.2. The van der Waals surface area contributed by atoms with E-state index in [0.29, 0.717) is 0 Å². The minimum absolute atomic E-state index is 0.0309. The number of nitriles is 1. The van der Waals surface area contributed by atoms with Crippen molar-refractivity contribution in [1.82, 2.24) is 4.90 Å². The minimum atomic E-state index is -4.06. The highest BCUT2D eigenvalue weighted by atomic mass is 32.2. The normalized spacial score (nSPS) is 12.2. The van der Waals surface area contributed by atoms with Gasteiger partial charge in [-0.25, -0.2) is 4.79 Å². The molecule has 0 aliphatic heterocycles. The average Bonchev–Trinajstić information content (AvgIpc) is 2.28. The number of nitrogens with zero attached hydrogens (tertiary/aromatic N) is 2. The van der Waals surface area contributed by atoms with Crippen LogP contribution in [0, 0.1) is 11.3 Å². The fourth-order valence-corrected chi connectivity index (χ4v) is 1.43. The Kier molecular flexibility index (Phi) is 7.48. The fraction of sp³-hybridized carbons (Fsp3) is 0.455. The zero-order valence-corrected chi connectivity index (χ0v) is 11.6. The highest BCUT2D eigenvalue weighted by Crippen LogP contribution is 1.99. The van der Waals surface area contributed by atoms with E-state index in [1.54, 1.807) is 31.3 Å². The third-order valence-corrected chi connectivity index (χ3v) is 2.57. The third kappa shape index (κ3) is 9.82. The first-order valence-corrected chi connectivity index (χ1v) is 6.94. The van der Waals surface area contributed by atoms with E-state index < -0.39 is 21.8 Å². The molecule has 0 aromatic carbocycles. The molecule has 0 rings (SSSR count). The molecule has 0 radical (unpaired) electrons. The lowest BCUT2D eigenvalue weighted by atomic mass is 10.3. The monoisotopic (exact) mass is 288 g/mol. The van der Waals surface area contributed by atoms with Gasteiger partial charge in [-0.15, -0.1) is 0 Å². The van der Waals surface area contributed by atoms with Crippen molar-refractivity contribution in [3.8, 4) is 6.07 Å². The highest BCUT2D eigenvalue weighted by molar-refractivity contribution is 7.85. The second-order valence-corrected chi connectivity index (χ2v) is 5.34. The number of hydrogen-bond donors (Lipinski definition) is 1. The Morgan fingerprint density at radius 3 is 2.58 bits per heavy atom. The summed E-state index contributed by atoms with van der Waals surface area (Å²) in [6.07, 6.45) is 4.42. The summed E-state index contributed by atoms with van der Waals surface area (Å²) in [6, 6.07) is 1.68. The molecule has 0 atom stereocenters. The van der Waals surface area contributed by atoms with Crippen LogP contribution in [0.4, 0.5) is 0 Å². The highest BCUT2D eigenvalue weighted by Gasteiger charge is 2.10. The number of hydrogen-bond acceptors (Lipinski definition) is 6. The van der Waals surface area contributed by atoms with Crippen LogP contribution in [0.3, 0.4) is 0 Å². The van der Waals surface area contributed by atoms with Crippen LogP contribution >= 0.6 is 0 Å². The van der Waals surface area contributed by atoms with Crippen LogP contribution in [0.1, 0.15) is 6.42 Å². The molecular formula is C11H16N2O5S. The Morgan fingerprint density at radius 1 is 1.47 bits per heavy atom. The first-order chi connectivity index (χ1) is 8.76. The summed E-state index contributed by atoms with van der Waals surface area (Å²) >= 11 is 0. The lowest BCUT2D eigenvalue weighted by Gasteiger charge is -2.03. The van der Waals surface area contributed by atoms with E-state index in [2.05, 4.69) is 0 Å². The number of allylic oxidation sites excluding steroid dienone is 2. The van der Waals surface area contributed by atoms with Crippen molar-refractivity contribution in [2.75, 3.05) is 26.5 Å². The number of ether oxygens (including phenoxy) is 1. The van der Waals surface area contributed by atoms with Crippen LogP contribution in [-0.4, -0.2) is 50.3 Å². The van der Waals surface area contributed by atoms with Crippen molar-refractivity contribution in [2.45, 2.75) is 6.42 Å². The van der Waals surface area contributed by atoms with Crippen molar-refractivity contribution in [2.24, 2.45) is 0 Å². The topological polar surface area (TPSA) is 108 Å². The van der Waals surface area contributed by atoms with Crippen LogP contribution in [0.15, 0.2) is 23.9 Å². The Hall–Kier alpha value is -1.85. The number of esters is 1. The quantitative estimate of drug-likeness (QED) is 0.180. The molecule has 0 amide bonds. The van der Waals surface area contributed by atoms with Gasteiger partial charge in [0.05, 0.1) is 12.4 Å². The zero-order valence-electron chi connectivity index (χ0n) is 10.7. The predicted molar refractivity (Wildman–Crippen MR) is 68.5 cm³/mol. The predicted octanol–water partition coefficient (Wildman–Crippen LogP) is 0.333. The minimum Gasteiger partial charge on any atom is -0.462 e. The molecule has 19 heavy (non-hydrogen) atoms. The van der Waals surface area contributed by atoms with Crippen molar-refractivity contribution < 1.29 is 22.5 Å².